The number of amides is 1. The van der Waals surface area contributed by atoms with Gasteiger partial charge in [0.15, 0.2) is 0 Å². The summed E-state index contributed by atoms with van der Waals surface area (Å²) >= 11 is 5.06. The summed E-state index contributed by atoms with van der Waals surface area (Å²) < 4.78 is 1.01. The highest BCUT2D eigenvalue weighted by Crippen LogP contribution is 2.41. The third-order valence-electron chi connectivity index (χ3n) is 3.19. The average Bonchev–Trinajstić information content (AvgIpc) is 2.83. The Balaban J connectivity index is 1.96. The van der Waals surface area contributed by atoms with E-state index in [2.05, 4.69) is 20.9 Å². The molecular weight excluding hydrogens is 336 g/mol. The zero-order valence-corrected chi connectivity index (χ0v) is 13.3. The number of thioether (sulfide) groups is 1. The standard InChI is InChI=1S/C15H13BrN2OS/c1-10-2-3-11(8-17-10)15-18(14(19)9-20-15)13-6-4-12(16)5-7-13/h2-8,15H,9H2,1H3. The Labute approximate surface area is 130 Å². The van der Waals surface area contributed by atoms with Gasteiger partial charge in [0.1, 0.15) is 5.37 Å². The van der Waals surface area contributed by atoms with Crippen molar-refractivity contribution in [2.24, 2.45) is 0 Å². The number of carbonyl (C=O) groups excluding carboxylic acids is 1. The molecule has 1 atom stereocenters. The van der Waals surface area contributed by atoms with Gasteiger partial charge >= 0.3 is 0 Å². The molecule has 1 saturated heterocycles. The van der Waals surface area contributed by atoms with Gasteiger partial charge in [0.2, 0.25) is 5.91 Å². The molecule has 1 fully saturated rings. The number of aryl methyl sites for hydroxylation is 1. The highest BCUT2D eigenvalue weighted by Gasteiger charge is 2.34. The SMILES string of the molecule is Cc1ccc(C2SCC(=O)N2c2ccc(Br)cc2)cn1. The number of hydrogen-bond donors (Lipinski definition) is 0. The highest BCUT2D eigenvalue weighted by atomic mass is 79.9. The molecule has 0 spiro atoms. The van der Waals surface area contributed by atoms with Crippen molar-refractivity contribution in [3.05, 3.63) is 58.3 Å². The van der Waals surface area contributed by atoms with E-state index < -0.39 is 0 Å². The molecule has 0 radical (unpaired) electrons. The molecule has 2 heterocycles. The molecule has 0 bridgehead atoms. The van der Waals surface area contributed by atoms with Gasteiger partial charge in [-0.1, -0.05) is 22.0 Å². The van der Waals surface area contributed by atoms with Crippen LogP contribution in [0.25, 0.3) is 0 Å². The molecule has 102 valence electrons. The van der Waals surface area contributed by atoms with Crippen LogP contribution in [0.5, 0.6) is 0 Å². The summed E-state index contributed by atoms with van der Waals surface area (Å²) in [6.45, 7) is 1.96. The Bertz CT molecular complexity index is 627. The summed E-state index contributed by atoms with van der Waals surface area (Å²) in [5, 5.41) is 0.0109. The lowest BCUT2D eigenvalue weighted by molar-refractivity contribution is -0.115. The zero-order valence-electron chi connectivity index (χ0n) is 10.9. The van der Waals surface area contributed by atoms with Crippen molar-refractivity contribution in [2.45, 2.75) is 12.3 Å². The monoisotopic (exact) mass is 348 g/mol. The van der Waals surface area contributed by atoms with Crippen LogP contribution in [0.3, 0.4) is 0 Å². The summed E-state index contributed by atoms with van der Waals surface area (Å²) in [5.74, 6) is 0.650. The summed E-state index contributed by atoms with van der Waals surface area (Å²) in [5.41, 5.74) is 2.97. The van der Waals surface area contributed by atoms with Crippen LogP contribution in [-0.2, 0) is 4.79 Å². The van der Waals surface area contributed by atoms with Gasteiger partial charge in [0.05, 0.1) is 5.75 Å². The van der Waals surface area contributed by atoms with Gasteiger partial charge in [-0.25, -0.2) is 0 Å². The molecule has 0 saturated carbocycles. The van der Waals surface area contributed by atoms with E-state index in [1.807, 2.05) is 54.4 Å². The Morgan fingerprint density at radius 1 is 1.25 bits per heavy atom. The van der Waals surface area contributed by atoms with Gasteiger partial charge < -0.3 is 0 Å². The Hall–Kier alpha value is -1.33. The van der Waals surface area contributed by atoms with Crippen LogP contribution in [0.1, 0.15) is 16.6 Å². The molecule has 5 heteroatoms. The van der Waals surface area contributed by atoms with E-state index in [0.717, 1.165) is 21.4 Å². The third-order valence-corrected chi connectivity index (χ3v) is 4.93. The van der Waals surface area contributed by atoms with Crippen molar-refractivity contribution in [1.29, 1.82) is 0 Å². The lowest BCUT2D eigenvalue weighted by Gasteiger charge is -2.24. The highest BCUT2D eigenvalue weighted by molar-refractivity contribution is 9.10. The molecule has 3 nitrogen and oxygen atoms in total. The predicted molar refractivity (Wildman–Crippen MR) is 85.8 cm³/mol. The number of aromatic nitrogens is 1. The molecule has 1 unspecified atom stereocenters. The van der Waals surface area contributed by atoms with E-state index in [4.69, 9.17) is 0 Å². The molecule has 0 aliphatic carbocycles. The number of rotatable bonds is 2. The maximum atomic E-state index is 12.2. The van der Waals surface area contributed by atoms with Crippen molar-refractivity contribution >= 4 is 39.3 Å². The number of anilines is 1. The van der Waals surface area contributed by atoms with Crippen LogP contribution in [0.4, 0.5) is 5.69 Å². The van der Waals surface area contributed by atoms with E-state index >= 15 is 0 Å². The summed E-state index contributed by atoms with van der Waals surface area (Å²) in [6.07, 6.45) is 1.86. The smallest absolute Gasteiger partial charge is 0.238 e. The molecule has 1 aromatic heterocycles. The minimum absolute atomic E-state index is 0.0109. The van der Waals surface area contributed by atoms with Crippen molar-refractivity contribution in [2.75, 3.05) is 10.7 Å². The Kier molecular flexibility index (Phi) is 3.81. The summed E-state index contributed by atoms with van der Waals surface area (Å²) in [6, 6.07) is 11.9. The second-order valence-electron chi connectivity index (χ2n) is 4.64. The van der Waals surface area contributed by atoms with Gasteiger partial charge in [0, 0.05) is 27.6 Å². The normalized spacial score (nSPS) is 18.6. The quantitative estimate of drug-likeness (QED) is 0.824. The number of benzene rings is 1. The summed E-state index contributed by atoms with van der Waals surface area (Å²) in [4.78, 5) is 18.4. The lowest BCUT2D eigenvalue weighted by atomic mass is 10.2. The minimum Gasteiger partial charge on any atom is -0.295 e. The molecule has 1 aliphatic rings. The first-order chi connectivity index (χ1) is 9.65. The molecule has 2 aromatic rings. The van der Waals surface area contributed by atoms with Crippen LogP contribution >= 0.6 is 27.7 Å². The Morgan fingerprint density at radius 3 is 2.65 bits per heavy atom. The van der Waals surface area contributed by atoms with E-state index in [1.54, 1.807) is 11.8 Å². The summed E-state index contributed by atoms with van der Waals surface area (Å²) in [7, 11) is 0. The van der Waals surface area contributed by atoms with Crippen molar-refractivity contribution < 1.29 is 4.79 Å². The minimum atomic E-state index is 0.0109. The van der Waals surface area contributed by atoms with Gasteiger partial charge in [-0.15, -0.1) is 11.8 Å². The molecule has 0 N–H and O–H groups in total. The number of carbonyl (C=O) groups is 1. The van der Waals surface area contributed by atoms with Gasteiger partial charge in [-0.05, 0) is 37.3 Å². The van der Waals surface area contributed by atoms with Crippen molar-refractivity contribution in [3.8, 4) is 0 Å². The van der Waals surface area contributed by atoms with Crippen LogP contribution in [-0.4, -0.2) is 16.6 Å². The fraction of sp³-hybridized carbons (Fsp3) is 0.200. The molecule has 1 aliphatic heterocycles. The first-order valence-corrected chi connectivity index (χ1v) is 8.11. The maximum Gasteiger partial charge on any atom is 0.238 e. The van der Waals surface area contributed by atoms with Crippen LogP contribution in [0.15, 0.2) is 47.1 Å². The fourth-order valence-corrected chi connectivity index (χ4v) is 3.60. The topological polar surface area (TPSA) is 33.2 Å². The van der Waals surface area contributed by atoms with E-state index in [0.29, 0.717) is 5.75 Å². The van der Waals surface area contributed by atoms with E-state index in [1.165, 1.54) is 0 Å². The van der Waals surface area contributed by atoms with Gasteiger partial charge in [-0.3, -0.25) is 14.7 Å². The average molecular weight is 349 g/mol. The lowest BCUT2D eigenvalue weighted by Crippen LogP contribution is -2.27. The number of hydrogen-bond acceptors (Lipinski definition) is 3. The van der Waals surface area contributed by atoms with Crippen LogP contribution < -0.4 is 4.90 Å². The predicted octanol–water partition coefficient (Wildman–Crippen LogP) is 3.93. The van der Waals surface area contributed by atoms with Crippen molar-refractivity contribution in [3.63, 3.8) is 0 Å². The first kappa shape index (κ1) is 13.6. The Morgan fingerprint density at radius 2 is 2.00 bits per heavy atom. The van der Waals surface area contributed by atoms with Crippen LogP contribution in [0, 0.1) is 6.92 Å². The second kappa shape index (κ2) is 5.58. The fourth-order valence-electron chi connectivity index (χ4n) is 2.18. The molecule has 20 heavy (non-hydrogen) atoms. The molecular formula is C15H13BrN2OS. The zero-order chi connectivity index (χ0) is 14.1. The van der Waals surface area contributed by atoms with Crippen molar-refractivity contribution in [1.82, 2.24) is 4.98 Å². The number of halogens is 1. The van der Waals surface area contributed by atoms with E-state index in [9.17, 15) is 4.79 Å². The van der Waals surface area contributed by atoms with Gasteiger partial charge in [-0.2, -0.15) is 0 Å². The number of pyridine rings is 1. The van der Waals surface area contributed by atoms with Gasteiger partial charge in [0.25, 0.3) is 0 Å². The molecule has 1 amide bonds. The van der Waals surface area contributed by atoms with Crippen LogP contribution in [0.2, 0.25) is 0 Å². The molecule has 3 rings (SSSR count). The van der Waals surface area contributed by atoms with E-state index in [-0.39, 0.29) is 11.3 Å². The number of nitrogens with zero attached hydrogens (tertiary/aromatic N) is 2. The maximum absolute atomic E-state index is 12.2. The second-order valence-corrected chi connectivity index (χ2v) is 6.62. The first-order valence-electron chi connectivity index (χ1n) is 6.27. The largest absolute Gasteiger partial charge is 0.295 e. The molecule has 1 aromatic carbocycles. The third kappa shape index (κ3) is 2.60.